The molecule has 5 heteroatoms. The molecular formula is C12H13FN2O2. The molecule has 2 rings (SSSR count). The summed E-state index contributed by atoms with van der Waals surface area (Å²) in [6, 6.07) is 4.14. The summed E-state index contributed by atoms with van der Waals surface area (Å²) < 4.78 is 13.2. The fourth-order valence-electron chi connectivity index (χ4n) is 2.00. The Bertz CT molecular complexity index is 485. The van der Waals surface area contributed by atoms with Gasteiger partial charge in [0.05, 0.1) is 11.4 Å². The van der Waals surface area contributed by atoms with Crippen LogP contribution in [0.5, 0.6) is 0 Å². The van der Waals surface area contributed by atoms with E-state index in [1.807, 2.05) is 0 Å². The van der Waals surface area contributed by atoms with Gasteiger partial charge in [0.25, 0.3) is 0 Å². The number of benzene rings is 1. The molecule has 17 heavy (non-hydrogen) atoms. The van der Waals surface area contributed by atoms with E-state index in [9.17, 15) is 9.18 Å². The van der Waals surface area contributed by atoms with E-state index < -0.39 is 5.82 Å². The molecule has 0 atom stereocenters. The Kier molecular flexibility index (Phi) is 3.08. The lowest BCUT2D eigenvalue weighted by Gasteiger charge is -2.29. The third-order valence-electron chi connectivity index (χ3n) is 2.86. The van der Waals surface area contributed by atoms with E-state index in [-0.39, 0.29) is 5.91 Å². The molecule has 0 bridgehead atoms. The molecule has 90 valence electrons. The van der Waals surface area contributed by atoms with Crippen LogP contribution in [0.1, 0.15) is 25.3 Å². The average Bonchev–Trinajstić information content (AvgIpc) is 2.36. The van der Waals surface area contributed by atoms with Gasteiger partial charge < -0.3 is 10.1 Å². The van der Waals surface area contributed by atoms with Crippen LogP contribution in [0, 0.1) is 5.82 Å². The van der Waals surface area contributed by atoms with Crippen LogP contribution in [0.15, 0.2) is 23.4 Å². The number of carbonyl (C=O) groups is 1. The van der Waals surface area contributed by atoms with E-state index in [0.717, 1.165) is 0 Å². The normalized spacial score (nSPS) is 17.1. The van der Waals surface area contributed by atoms with Gasteiger partial charge in [-0.05, 0) is 18.2 Å². The summed E-state index contributed by atoms with van der Waals surface area (Å²) in [5.74, 6) is -0.425. The molecule has 0 unspecified atom stereocenters. The highest BCUT2D eigenvalue weighted by Crippen LogP contribution is 2.28. The summed E-state index contributed by atoms with van der Waals surface area (Å²) in [7, 11) is 0. The van der Waals surface area contributed by atoms with E-state index in [1.165, 1.54) is 12.1 Å². The van der Waals surface area contributed by atoms with Gasteiger partial charge in [0, 0.05) is 24.9 Å². The van der Waals surface area contributed by atoms with Crippen LogP contribution >= 0.6 is 0 Å². The van der Waals surface area contributed by atoms with Crippen molar-refractivity contribution in [2.45, 2.75) is 19.8 Å². The smallest absolute Gasteiger partial charge is 0.226 e. The van der Waals surface area contributed by atoms with Crippen LogP contribution in [0.3, 0.4) is 0 Å². The van der Waals surface area contributed by atoms with Crippen LogP contribution in [0.4, 0.5) is 10.1 Å². The van der Waals surface area contributed by atoms with Gasteiger partial charge in [-0.25, -0.2) is 4.39 Å². The average molecular weight is 236 g/mol. The van der Waals surface area contributed by atoms with Crippen LogP contribution < -0.4 is 4.90 Å². The largest absolute Gasteiger partial charge is 0.411 e. The number of fused-ring (bicyclic) bond motifs is 1. The molecule has 0 saturated carbocycles. The van der Waals surface area contributed by atoms with Crippen LogP contribution in [-0.2, 0) is 4.79 Å². The third kappa shape index (κ3) is 2.00. The van der Waals surface area contributed by atoms with Gasteiger partial charge in [0.15, 0.2) is 0 Å². The van der Waals surface area contributed by atoms with Crippen molar-refractivity contribution in [2.75, 3.05) is 11.4 Å². The summed E-state index contributed by atoms with van der Waals surface area (Å²) in [5.41, 5.74) is 1.51. The van der Waals surface area contributed by atoms with Crippen molar-refractivity contribution >= 4 is 17.3 Å². The standard InChI is InChI=1S/C12H13FN2O2/c1-2-12(16)15-6-5-10(14-17)9-7-8(13)3-4-11(9)15/h3-4,7,17H,2,5-6H2,1H3/b14-10+. The molecule has 1 N–H and O–H groups in total. The summed E-state index contributed by atoms with van der Waals surface area (Å²) in [6.07, 6.45) is 0.821. The molecule has 1 amide bonds. The molecule has 0 radical (unpaired) electrons. The molecule has 4 nitrogen and oxygen atoms in total. The predicted molar refractivity (Wildman–Crippen MR) is 62.0 cm³/mol. The first-order valence-corrected chi connectivity index (χ1v) is 5.48. The van der Waals surface area contributed by atoms with E-state index in [4.69, 9.17) is 5.21 Å². The van der Waals surface area contributed by atoms with E-state index >= 15 is 0 Å². The van der Waals surface area contributed by atoms with E-state index in [1.54, 1.807) is 17.9 Å². The summed E-state index contributed by atoms with van der Waals surface area (Å²) in [6.45, 7) is 2.24. The second kappa shape index (κ2) is 4.53. The van der Waals surface area contributed by atoms with Crippen LogP contribution in [-0.4, -0.2) is 23.4 Å². The second-order valence-corrected chi connectivity index (χ2v) is 3.86. The lowest BCUT2D eigenvalue weighted by Crippen LogP contribution is -2.37. The van der Waals surface area contributed by atoms with Crippen molar-refractivity contribution in [3.63, 3.8) is 0 Å². The zero-order valence-electron chi connectivity index (χ0n) is 9.48. The van der Waals surface area contributed by atoms with E-state index in [2.05, 4.69) is 5.16 Å². The monoisotopic (exact) mass is 236 g/mol. The second-order valence-electron chi connectivity index (χ2n) is 3.86. The molecular weight excluding hydrogens is 223 g/mol. The highest BCUT2D eigenvalue weighted by molar-refractivity contribution is 6.11. The Hall–Kier alpha value is -1.91. The Morgan fingerprint density at radius 1 is 1.59 bits per heavy atom. The van der Waals surface area contributed by atoms with Gasteiger partial charge in [0.2, 0.25) is 5.91 Å². The molecule has 1 aromatic carbocycles. The van der Waals surface area contributed by atoms with Crippen molar-refractivity contribution in [3.05, 3.63) is 29.6 Å². The Morgan fingerprint density at radius 3 is 3.00 bits per heavy atom. The summed E-state index contributed by atoms with van der Waals surface area (Å²) >= 11 is 0. The number of oxime groups is 1. The Labute approximate surface area is 98.3 Å². The van der Waals surface area contributed by atoms with Crippen molar-refractivity contribution in [3.8, 4) is 0 Å². The first-order valence-electron chi connectivity index (χ1n) is 5.48. The van der Waals surface area contributed by atoms with Gasteiger partial charge >= 0.3 is 0 Å². The topological polar surface area (TPSA) is 52.9 Å². The number of hydrogen-bond acceptors (Lipinski definition) is 3. The van der Waals surface area contributed by atoms with Crippen molar-refractivity contribution in [1.82, 2.24) is 0 Å². The summed E-state index contributed by atoms with van der Waals surface area (Å²) in [5, 5.41) is 12.0. The SMILES string of the molecule is CCC(=O)N1CC/C(=N\O)c2cc(F)ccc21. The maximum absolute atomic E-state index is 13.2. The Balaban J connectivity index is 2.51. The molecule has 0 saturated heterocycles. The Morgan fingerprint density at radius 2 is 2.35 bits per heavy atom. The minimum Gasteiger partial charge on any atom is -0.411 e. The highest BCUT2D eigenvalue weighted by Gasteiger charge is 2.25. The van der Waals surface area contributed by atoms with E-state index in [0.29, 0.717) is 36.3 Å². The maximum Gasteiger partial charge on any atom is 0.226 e. The molecule has 0 fully saturated rings. The zero-order valence-corrected chi connectivity index (χ0v) is 9.48. The number of halogens is 1. The van der Waals surface area contributed by atoms with Gasteiger partial charge in [-0.2, -0.15) is 0 Å². The number of hydrogen-bond donors (Lipinski definition) is 1. The van der Waals surface area contributed by atoms with Gasteiger partial charge in [0.1, 0.15) is 5.82 Å². The molecule has 1 aromatic rings. The lowest BCUT2D eigenvalue weighted by molar-refractivity contribution is -0.118. The van der Waals surface area contributed by atoms with Crippen molar-refractivity contribution in [2.24, 2.45) is 5.16 Å². The lowest BCUT2D eigenvalue weighted by atomic mass is 9.99. The quantitative estimate of drug-likeness (QED) is 0.600. The van der Waals surface area contributed by atoms with Gasteiger partial charge in [-0.1, -0.05) is 12.1 Å². The van der Waals surface area contributed by atoms with Crippen LogP contribution in [0.2, 0.25) is 0 Å². The maximum atomic E-state index is 13.2. The number of carbonyl (C=O) groups excluding carboxylic acids is 1. The highest BCUT2D eigenvalue weighted by atomic mass is 19.1. The number of amides is 1. The third-order valence-corrected chi connectivity index (χ3v) is 2.86. The van der Waals surface area contributed by atoms with Crippen molar-refractivity contribution < 1.29 is 14.4 Å². The van der Waals surface area contributed by atoms with Crippen LogP contribution in [0.25, 0.3) is 0 Å². The molecule has 1 heterocycles. The molecule has 0 aliphatic carbocycles. The molecule has 1 aliphatic heterocycles. The first-order chi connectivity index (χ1) is 8.17. The van der Waals surface area contributed by atoms with Gasteiger partial charge in [-0.3, -0.25) is 4.79 Å². The molecule has 0 aromatic heterocycles. The molecule has 0 spiro atoms. The predicted octanol–water partition coefficient (Wildman–Crippen LogP) is 2.15. The minimum absolute atomic E-state index is 0.0187. The minimum atomic E-state index is -0.407. The first kappa shape index (κ1) is 11.6. The van der Waals surface area contributed by atoms with Gasteiger partial charge in [-0.15, -0.1) is 0 Å². The summed E-state index contributed by atoms with van der Waals surface area (Å²) in [4.78, 5) is 13.3. The fourth-order valence-corrected chi connectivity index (χ4v) is 2.00. The number of rotatable bonds is 1. The number of anilines is 1. The van der Waals surface area contributed by atoms with Crippen molar-refractivity contribution in [1.29, 1.82) is 0 Å². The number of nitrogens with zero attached hydrogens (tertiary/aromatic N) is 2. The molecule has 1 aliphatic rings. The zero-order chi connectivity index (χ0) is 12.4. The fraction of sp³-hybridized carbons (Fsp3) is 0.333.